The molecule has 26 heavy (non-hydrogen) atoms. The molecule has 1 N–H and O–H groups in total. The third-order valence-electron chi connectivity index (χ3n) is 5.54. The van der Waals surface area contributed by atoms with Crippen LogP contribution in [-0.2, 0) is 13.1 Å². The lowest BCUT2D eigenvalue weighted by atomic mass is 9.99. The van der Waals surface area contributed by atoms with E-state index in [9.17, 15) is 5.11 Å². The highest BCUT2D eigenvalue weighted by Gasteiger charge is 2.31. The summed E-state index contributed by atoms with van der Waals surface area (Å²) in [6.07, 6.45) is 0.378. The molecule has 0 radical (unpaired) electrons. The second-order valence-electron chi connectivity index (χ2n) is 7.75. The quantitative estimate of drug-likeness (QED) is 0.912. The van der Waals surface area contributed by atoms with Gasteiger partial charge in [-0.3, -0.25) is 4.90 Å². The van der Waals surface area contributed by atoms with E-state index in [1.54, 1.807) is 0 Å². The number of nitrogens with zero attached hydrogens (tertiary/aromatic N) is 3. The van der Waals surface area contributed by atoms with Gasteiger partial charge in [0.2, 0.25) is 0 Å². The van der Waals surface area contributed by atoms with Gasteiger partial charge in [0.25, 0.3) is 0 Å². The van der Waals surface area contributed by atoms with E-state index in [-0.39, 0.29) is 0 Å². The van der Waals surface area contributed by atoms with Crippen LogP contribution < -0.4 is 0 Å². The standard InChI is InChI=1S/C22H27N3O/c1-15(2)24(3)13-16-5-4-6-17(11-16)18-7-8-20-19(12-18)14-25-10-9-21(26)22(25)23-20/h4-8,11-12,15,21,26H,9-10,13-14H2,1-3H3. The van der Waals surface area contributed by atoms with Gasteiger partial charge in [-0.25, -0.2) is 4.99 Å². The molecule has 0 aromatic heterocycles. The van der Waals surface area contributed by atoms with E-state index in [0.29, 0.717) is 6.04 Å². The Kier molecular flexibility index (Phi) is 4.55. The molecule has 2 aromatic rings. The lowest BCUT2D eigenvalue weighted by Gasteiger charge is -2.26. The van der Waals surface area contributed by atoms with Crippen molar-refractivity contribution in [2.45, 2.75) is 45.5 Å². The molecule has 4 nitrogen and oxygen atoms in total. The molecule has 4 rings (SSSR count). The third-order valence-corrected chi connectivity index (χ3v) is 5.54. The van der Waals surface area contributed by atoms with Crippen LogP contribution in [-0.4, -0.2) is 46.5 Å². The first-order valence-corrected chi connectivity index (χ1v) is 9.45. The van der Waals surface area contributed by atoms with Crippen molar-refractivity contribution in [3.8, 4) is 11.1 Å². The summed E-state index contributed by atoms with van der Waals surface area (Å²) in [6, 6.07) is 15.8. The average Bonchev–Trinajstić information content (AvgIpc) is 2.99. The highest BCUT2D eigenvalue weighted by atomic mass is 16.3. The van der Waals surface area contributed by atoms with Crippen molar-refractivity contribution in [1.82, 2.24) is 9.80 Å². The van der Waals surface area contributed by atoms with Gasteiger partial charge in [-0.1, -0.05) is 24.3 Å². The van der Waals surface area contributed by atoms with Crippen molar-refractivity contribution < 1.29 is 5.11 Å². The van der Waals surface area contributed by atoms with Crippen molar-refractivity contribution in [2.24, 2.45) is 4.99 Å². The van der Waals surface area contributed by atoms with E-state index in [1.807, 2.05) is 0 Å². The van der Waals surface area contributed by atoms with Crippen molar-refractivity contribution >= 4 is 11.5 Å². The minimum absolute atomic E-state index is 0.405. The van der Waals surface area contributed by atoms with Crippen LogP contribution in [0.2, 0.25) is 0 Å². The predicted molar refractivity (Wildman–Crippen MR) is 107 cm³/mol. The minimum Gasteiger partial charge on any atom is -0.385 e. The Balaban J connectivity index is 1.61. The van der Waals surface area contributed by atoms with Crippen LogP contribution in [0.15, 0.2) is 47.5 Å². The second-order valence-corrected chi connectivity index (χ2v) is 7.75. The maximum atomic E-state index is 10.0. The molecule has 1 atom stereocenters. The van der Waals surface area contributed by atoms with E-state index in [1.165, 1.54) is 22.3 Å². The average molecular weight is 349 g/mol. The van der Waals surface area contributed by atoms with E-state index in [2.05, 4.69) is 78.2 Å². The van der Waals surface area contributed by atoms with Crippen LogP contribution >= 0.6 is 0 Å². The van der Waals surface area contributed by atoms with Gasteiger partial charge in [-0.15, -0.1) is 0 Å². The van der Waals surface area contributed by atoms with Crippen molar-refractivity contribution in [3.05, 3.63) is 53.6 Å². The summed E-state index contributed by atoms with van der Waals surface area (Å²) in [4.78, 5) is 9.23. The minimum atomic E-state index is -0.405. The van der Waals surface area contributed by atoms with Gasteiger partial charge in [-0.05, 0) is 67.8 Å². The molecule has 1 saturated heterocycles. The fraction of sp³-hybridized carbons (Fsp3) is 0.409. The van der Waals surface area contributed by atoms with Crippen LogP contribution in [0, 0.1) is 0 Å². The fourth-order valence-electron chi connectivity index (χ4n) is 3.69. The molecule has 0 spiro atoms. The summed E-state index contributed by atoms with van der Waals surface area (Å²) in [5, 5.41) is 10.0. The molecule has 136 valence electrons. The van der Waals surface area contributed by atoms with Crippen molar-refractivity contribution in [3.63, 3.8) is 0 Å². The van der Waals surface area contributed by atoms with Crippen molar-refractivity contribution in [2.75, 3.05) is 13.6 Å². The van der Waals surface area contributed by atoms with Crippen LogP contribution in [0.3, 0.4) is 0 Å². The number of aliphatic imine (C=N–C) groups is 1. The molecule has 0 saturated carbocycles. The lowest BCUT2D eigenvalue weighted by molar-refractivity contribution is 0.245. The van der Waals surface area contributed by atoms with E-state index < -0.39 is 6.10 Å². The summed E-state index contributed by atoms with van der Waals surface area (Å²) in [6.45, 7) is 7.13. The number of rotatable bonds is 4. The summed E-state index contributed by atoms with van der Waals surface area (Å²) in [7, 11) is 2.16. The molecule has 4 heteroatoms. The Labute approximate surface area is 155 Å². The van der Waals surface area contributed by atoms with E-state index >= 15 is 0 Å². The smallest absolute Gasteiger partial charge is 0.134 e. The summed E-state index contributed by atoms with van der Waals surface area (Å²) in [5.74, 6) is 0.837. The molecule has 1 unspecified atom stereocenters. The van der Waals surface area contributed by atoms with E-state index in [4.69, 9.17) is 0 Å². The van der Waals surface area contributed by atoms with E-state index in [0.717, 1.165) is 37.6 Å². The maximum absolute atomic E-state index is 10.0. The van der Waals surface area contributed by atoms with Crippen LogP contribution in [0.1, 0.15) is 31.4 Å². The molecule has 2 aromatic carbocycles. The Morgan fingerprint density at radius 2 is 2.00 bits per heavy atom. The molecule has 2 aliphatic heterocycles. The molecule has 1 fully saturated rings. The number of hydrogen-bond acceptors (Lipinski definition) is 4. The van der Waals surface area contributed by atoms with Gasteiger partial charge in [0.1, 0.15) is 11.9 Å². The molecule has 0 amide bonds. The number of aliphatic hydroxyl groups excluding tert-OH is 1. The topological polar surface area (TPSA) is 39.1 Å². The monoisotopic (exact) mass is 349 g/mol. The third kappa shape index (κ3) is 3.27. The van der Waals surface area contributed by atoms with Crippen LogP contribution in [0.4, 0.5) is 5.69 Å². The Morgan fingerprint density at radius 3 is 2.81 bits per heavy atom. The summed E-state index contributed by atoms with van der Waals surface area (Å²) >= 11 is 0. The van der Waals surface area contributed by atoms with Crippen LogP contribution in [0.25, 0.3) is 11.1 Å². The zero-order valence-corrected chi connectivity index (χ0v) is 15.8. The van der Waals surface area contributed by atoms with Gasteiger partial charge < -0.3 is 10.0 Å². The SMILES string of the molecule is CC(C)N(C)Cc1cccc(-c2ccc3c(c2)CN2CCC(O)C2=N3)c1. The Bertz CT molecular complexity index is 843. The zero-order valence-electron chi connectivity index (χ0n) is 15.8. The molecule has 2 aliphatic rings. The molecular formula is C22H27N3O. The second kappa shape index (κ2) is 6.86. The fourth-order valence-corrected chi connectivity index (χ4v) is 3.69. The molecule has 0 aliphatic carbocycles. The van der Waals surface area contributed by atoms with Gasteiger partial charge in [-0.2, -0.15) is 0 Å². The van der Waals surface area contributed by atoms with Gasteiger partial charge in [0, 0.05) is 25.7 Å². The highest BCUT2D eigenvalue weighted by Crippen LogP contribution is 2.34. The summed E-state index contributed by atoms with van der Waals surface area (Å²) in [5.41, 5.74) is 6.05. The number of aliphatic hydroxyl groups is 1. The number of hydrogen-bond donors (Lipinski definition) is 1. The van der Waals surface area contributed by atoms with Crippen molar-refractivity contribution in [1.29, 1.82) is 0 Å². The summed E-state index contributed by atoms with van der Waals surface area (Å²) < 4.78 is 0. The number of benzene rings is 2. The lowest BCUT2D eigenvalue weighted by Crippen LogP contribution is -2.31. The Hall–Kier alpha value is -2.17. The van der Waals surface area contributed by atoms with Crippen LogP contribution in [0.5, 0.6) is 0 Å². The largest absolute Gasteiger partial charge is 0.385 e. The van der Waals surface area contributed by atoms with Gasteiger partial charge >= 0.3 is 0 Å². The molecule has 0 bridgehead atoms. The first-order chi connectivity index (χ1) is 12.5. The first-order valence-electron chi connectivity index (χ1n) is 9.45. The van der Waals surface area contributed by atoms with Gasteiger partial charge in [0.05, 0.1) is 5.69 Å². The maximum Gasteiger partial charge on any atom is 0.134 e. The molecular weight excluding hydrogens is 322 g/mol. The first kappa shape index (κ1) is 17.3. The molecule has 2 heterocycles. The zero-order chi connectivity index (χ0) is 18.3. The normalized spacial score (nSPS) is 18.9. The predicted octanol–water partition coefficient (Wildman–Crippen LogP) is 3.80. The number of amidine groups is 1. The Morgan fingerprint density at radius 1 is 1.19 bits per heavy atom. The van der Waals surface area contributed by atoms with Gasteiger partial charge in [0.15, 0.2) is 0 Å². The number of fused-ring (bicyclic) bond motifs is 2. The highest BCUT2D eigenvalue weighted by molar-refractivity contribution is 5.92.